The molecule has 3 fully saturated rings. The lowest BCUT2D eigenvalue weighted by atomic mass is 9.76. The van der Waals surface area contributed by atoms with Crippen LogP contribution in [0.2, 0.25) is 0 Å². The highest BCUT2D eigenvalue weighted by atomic mass is 16.7. The first-order valence-corrected chi connectivity index (χ1v) is 10.2. The Bertz CT molecular complexity index is 798. The van der Waals surface area contributed by atoms with E-state index in [0.717, 1.165) is 56.8 Å². The number of carbonyl (C=O) groups excluding carboxylic acids is 1. The van der Waals surface area contributed by atoms with Gasteiger partial charge in [-0.05, 0) is 68.3 Å². The number of carbonyl (C=O) groups is 2. The van der Waals surface area contributed by atoms with Crippen LogP contribution < -0.4 is 9.47 Å². The molecule has 1 saturated carbocycles. The number of fused-ring (bicyclic) bond motifs is 1. The van der Waals surface area contributed by atoms with E-state index in [9.17, 15) is 14.7 Å². The Morgan fingerprint density at radius 3 is 2.61 bits per heavy atom. The number of likely N-dealkylation sites (tertiary alicyclic amines) is 2. The smallest absolute Gasteiger partial charge is 0.326 e. The van der Waals surface area contributed by atoms with Crippen molar-refractivity contribution in [2.45, 2.75) is 44.7 Å². The lowest BCUT2D eigenvalue weighted by Gasteiger charge is -2.39. The molecule has 0 aromatic heterocycles. The third-order valence-electron chi connectivity index (χ3n) is 6.76. The molecule has 1 spiro atoms. The Balaban J connectivity index is 1.22. The molecule has 4 aliphatic rings. The maximum atomic E-state index is 12.6. The van der Waals surface area contributed by atoms with Gasteiger partial charge in [0, 0.05) is 19.0 Å². The molecule has 0 bridgehead atoms. The molecule has 28 heavy (non-hydrogen) atoms. The van der Waals surface area contributed by atoms with Gasteiger partial charge in [0.05, 0.1) is 0 Å². The monoisotopic (exact) mass is 386 g/mol. The third kappa shape index (κ3) is 3.21. The molecule has 1 aliphatic carbocycles. The van der Waals surface area contributed by atoms with Gasteiger partial charge in [-0.15, -0.1) is 0 Å². The van der Waals surface area contributed by atoms with E-state index in [1.54, 1.807) is 4.90 Å². The zero-order valence-electron chi connectivity index (χ0n) is 15.9. The summed E-state index contributed by atoms with van der Waals surface area (Å²) in [7, 11) is 0. The van der Waals surface area contributed by atoms with Crippen LogP contribution in [0.1, 0.15) is 37.7 Å². The van der Waals surface area contributed by atoms with Gasteiger partial charge in [-0.3, -0.25) is 9.69 Å². The van der Waals surface area contributed by atoms with Crippen molar-refractivity contribution in [3.63, 3.8) is 0 Å². The van der Waals surface area contributed by atoms with E-state index in [4.69, 9.17) is 9.47 Å². The molecule has 7 heteroatoms. The van der Waals surface area contributed by atoms with Gasteiger partial charge in [0.15, 0.2) is 11.5 Å². The normalized spacial score (nSPS) is 26.0. The van der Waals surface area contributed by atoms with E-state index in [1.165, 1.54) is 5.56 Å². The van der Waals surface area contributed by atoms with Gasteiger partial charge in [-0.25, -0.2) is 4.79 Å². The highest BCUT2D eigenvalue weighted by Gasteiger charge is 2.51. The van der Waals surface area contributed by atoms with E-state index < -0.39 is 12.0 Å². The summed E-state index contributed by atoms with van der Waals surface area (Å²) in [6.07, 6.45) is 4.31. The van der Waals surface area contributed by atoms with Gasteiger partial charge in [0.2, 0.25) is 12.7 Å². The Kier molecular flexibility index (Phi) is 4.23. The van der Waals surface area contributed by atoms with Crippen LogP contribution in [0.25, 0.3) is 0 Å². The molecule has 0 radical (unpaired) electrons. The molecule has 1 aromatic carbocycles. The lowest BCUT2D eigenvalue weighted by Crippen LogP contribution is -2.43. The Labute approximate surface area is 164 Å². The van der Waals surface area contributed by atoms with Crippen molar-refractivity contribution >= 4 is 11.9 Å². The number of aliphatic carboxylic acids is 1. The second kappa shape index (κ2) is 6.65. The zero-order chi connectivity index (χ0) is 19.3. The summed E-state index contributed by atoms with van der Waals surface area (Å²) in [6.45, 7) is 3.58. The van der Waals surface area contributed by atoms with E-state index in [1.807, 2.05) is 12.1 Å². The van der Waals surface area contributed by atoms with Crippen LogP contribution in [-0.2, 0) is 16.1 Å². The fraction of sp³-hybridized carbons (Fsp3) is 0.619. The summed E-state index contributed by atoms with van der Waals surface area (Å²) < 4.78 is 10.8. The average Bonchev–Trinajstić information content (AvgIpc) is 3.32. The topological polar surface area (TPSA) is 79.3 Å². The van der Waals surface area contributed by atoms with Crippen LogP contribution in [0.5, 0.6) is 11.5 Å². The molecule has 1 N–H and O–H groups in total. The number of piperidine rings is 1. The van der Waals surface area contributed by atoms with E-state index in [2.05, 4.69) is 11.0 Å². The fourth-order valence-electron chi connectivity index (χ4n) is 4.92. The van der Waals surface area contributed by atoms with Crippen LogP contribution in [0.3, 0.4) is 0 Å². The SMILES string of the molecule is O=C(O)C1CC2(CCN(Cc3ccc4c(c3)OCO4)CC2)CN1C(=O)C1CC1. The number of amides is 1. The molecule has 1 amide bonds. The van der Waals surface area contributed by atoms with Gasteiger partial charge >= 0.3 is 5.97 Å². The highest BCUT2D eigenvalue weighted by molar-refractivity contribution is 5.87. The molecular formula is C21H26N2O5. The maximum Gasteiger partial charge on any atom is 0.326 e. The minimum absolute atomic E-state index is 0.0427. The minimum atomic E-state index is -0.853. The van der Waals surface area contributed by atoms with Crippen molar-refractivity contribution in [3.05, 3.63) is 23.8 Å². The Morgan fingerprint density at radius 1 is 1.14 bits per heavy atom. The molecule has 150 valence electrons. The van der Waals surface area contributed by atoms with Crippen molar-refractivity contribution in [1.29, 1.82) is 0 Å². The van der Waals surface area contributed by atoms with Crippen molar-refractivity contribution in [3.8, 4) is 11.5 Å². The molecule has 1 atom stereocenters. The predicted octanol–water partition coefficient (Wildman–Crippen LogP) is 2.09. The minimum Gasteiger partial charge on any atom is -0.480 e. The quantitative estimate of drug-likeness (QED) is 0.854. The molecule has 7 nitrogen and oxygen atoms in total. The summed E-state index contributed by atoms with van der Waals surface area (Å²) in [5.41, 5.74) is 1.15. The Morgan fingerprint density at radius 2 is 1.89 bits per heavy atom. The standard InChI is InChI=1S/C21H26N2O5/c24-19(15-2-3-15)23-12-21(10-16(23)20(25)26)5-7-22(8-6-21)11-14-1-4-17-18(9-14)28-13-27-17/h1,4,9,15-16H,2-3,5-8,10-13H2,(H,25,26). The summed E-state index contributed by atoms with van der Waals surface area (Å²) in [5, 5.41) is 9.65. The van der Waals surface area contributed by atoms with Gasteiger partial charge in [0.1, 0.15) is 6.04 Å². The number of carboxylic acid groups (broad SMARTS) is 1. The van der Waals surface area contributed by atoms with Crippen molar-refractivity contribution < 1.29 is 24.2 Å². The molecular weight excluding hydrogens is 360 g/mol. The first kappa shape index (κ1) is 17.8. The van der Waals surface area contributed by atoms with Crippen molar-refractivity contribution in [2.75, 3.05) is 26.4 Å². The lowest BCUT2D eigenvalue weighted by molar-refractivity contribution is -0.148. The fourth-order valence-corrected chi connectivity index (χ4v) is 4.92. The number of carboxylic acids is 1. The Hall–Kier alpha value is -2.28. The van der Waals surface area contributed by atoms with E-state index >= 15 is 0 Å². The van der Waals surface area contributed by atoms with Gasteiger partial charge < -0.3 is 19.5 Å². The highest BCUT2D eigenvalue weighted by Crippen LogP contribution is 2.46. The van der Waals surface area contributed by atoms with Crippen LogP contribution in [0, 0.1) is 11.3 Å². The number of hydrogen-bond acceptors (Lipinski definition) is 5. The number of hydrogen-bond donors (Lipinski definition) is 1. The van der Waals surface area contributed by atoms with E-state index in [-0.39, 0.29) is 24.0 Å². The van der Waals surface area contributed by atoms with Gasteiger partial charge in [-0.1, -0.05) is 6.07 Å². The second-order valence-electron chi connectivity index (χ2n) is 8.76. The summed E-state index contributed by atoms with van der Waals surface area (Å²) in [4.78, 5) is 28.4. The average molecular weight is 386 g/mol. The first-order valence-electron chi connectivity index (χ1n) is 10.2. The largest absolute Gasteiger partial charge is 0.480 e. The molecule has 1 unspecified atom stereocenters. The first-order chi connectivity index (χ1) is 13.5. The zero-order valence-corrected chi connectivity index (χ0v) is 15.9. The van der Waals surface area contributed by atoms with Crippen LogP contribution in [0.15, 0.2) is 18.2 Å². The summed E-state index contributed by atoms with van der Waals surface area (Å²) >= 11 is 0. The summed E-state index contributed by atoms with van der Waals surface area (Å²) in [5.74, 6) is 0.886. The second-order valence-corrected chi connectivity index (χ2v) is 8.76. The number of rotatable bonds is 4. The van der Waals surface area contributed by atoms with Gasteiger partial charge in [-0.2, -0.15) is 0 Å². The molecule has 2 saturated heterocycles. The van der Waals surface area contributed by atoms with Crippen LogP contribution in [0.4, 0.5) is 0 Å². The maximum absolute atomic E-state index is 12.6. The molecule has 3 aliphatic heterocycles. The van der Waals surface area contributed by atoms with Crippen molar-refractivity contribution in [1.82, 2.24) is 9.80 Å². The van der Waals surface area contributed by atoms with Crippen LogP contribution >= 0.6 is 0 Å². The number of benzene rings is 1. The third-order valence-corrected chi connectivity index (χ3v) is 6.76. The number of ether oxygens (including phenoxy) is 2. The molecule has 3 heterocycles. The van der Waals surface area contributed by atoms with E-state index in [0.29, 0.717) is 13.0 Å². The molecule has 1 aromatic rings. The van der Waals surface area contributed by atoms with Gasteiger partial charge in [0.25, 0.3) is 0 Å². The van der Waals surface area contributed by atoms with Crippen LogP contribution in [-0.4, -0.2) is 59.3 Å². The predicted molar refractivity (Wildman–Crippen MR) is 100.0 cm³/mol. The van der Waals surface area contributed by atoms with Crippen molar-refractivity contribution in [2.24, 2.45) is 11.3 Å². The number of nitrogens with zero attached hydrogens (tertiary/aromatic N) is 2. The molecule has 5 rings (SSSR count). The summed E-state index contributed by atoms with van der Waals surface area (Å²) in [6, 6.07) is 5.43.